The Hall–Kier alpha value is -2.61. The number of ether oxygens (including phenoxy) is 1. The smallest absolute Gasteiger partial charge is 0.258 e. The molecule has 1 heterocycles. The predicted octanol–water partition coefficient (Wildman–Crippen LogP) is 1.17. The molecule has 0 fully saturated rings. The number of hydrogen-bond donors (Lipinski definition) is 1. The summed E-state index contributed by atoms with van der Waals surface area (Å²) in [4.78, 5) is 15.7. The lowest BCUT2D eigenvalue weighted by Crippen LogP contribution is -2.28. The quantitative estimate of drug-likeness (QED) is 0.811. The SMILES string of the molecule is CN(c1ccc(OCC(=O)NCc2cccnc2)cc1)S(C)(=O)=O. The Morgan fingerprint density at radius 3 is 2.54 bits per heavy atom. The predicted molar refractivity (Wildman–Crippen MR) is 91.3 cm³/mol. The molecule has 0 radical (unpaired) electrons. The Labute approximate surface area is 141 Å². The van der Waals surface area contributed by atoms with Crippen LogP contribution in [-0.4, -0.2) is 39.2 Å². The van der Waals surface area contributed by atoms with Gasteiger partial charge in [-0.25, -0.2) is 8.42 Å². The topological polar surface area (TPSA) is 88.6 Å². The summed E-state index contributed by atoms with van der Waals surface area (Å²) in [5.74, 6) is 0.230. The normalized spacial score (nSPS) is 10.9. The van der Waals surface area contributed by atoms with Gasteiger partial charge in [-0.1, -0.05) is 6.07 Å². The number of nitrogens with zero attached hydrogens (tertiary/aromatic N) is 2. The van der Waals surface area contributed by atoms with Crippen molar-refractivity contribution in [1.29, 1.82) is 0 Å². The zero-order valence-corrected chi connectivity index (χ0v) is 14.3. The number of aromatic nitrogens is 1. The van der Waals surface area contributed by atoms with Gasteiger partial charge in [0.25, 0.3) is 5.91 Å². The summed E-state index contributed by atoms with van der Waals surface area (Å²) in [6.45, 7) is 0.260. The van der Waals surface area contributed by atoms with Gasteiger partial charge in [0.1, 0.15) is 5.75 Å². The van der Waals surface area contributed by atoms with Crippen molar-refractivity contribution >= 4 is 21.6 Å². The van der Waals surface area contributed by atoms with Crippen molar-refractivity contribution in [3.63, 3.8) is 0 Å². The van der Waals surface area contributed by atoms with Gasteiger partial charge in [-0.2, -0.15) is 0 Å². The van der Waals surface area contributed by atoms with Gasteiger partial charge in [0.2, 0.25) is 10.0 Å². The summed E-state index contributed by atoms with van der Waals surface area (Å²) in [6, 6.07) is 10.1. The number of carbonyl (C=O) groups excluding carboxylic acids is 1. The largest absolute Gasteiger partial charge is 0.484 e. The van der Waals surface area contributed by atoms with Gasteiger partial charge in [0.05, 0.1) is 11.9 Å². The Balaban J connectivity index is 1.83. The van der Waals surface area contributed by atoms with E-state index in [1.54, 1.807) is 42.7 Å². The number of benzene rings is 1. The van der Waals surface area contributed by atoms with E-state index in [1.807, 2.05) is 6.07 Å². The van der Waals surface area contributed by atoms with E-state index in [1.165, 1.54) is 7.05 Å². The average molecular weight is 349 g/mol. The highest BCUT2D eigenvalue weighted by molar-refractivity contribution is 7.92. The van der Waals surface area contributed by atoms with Crippen molar-refractivity contribution in [3.8, 4) is 5.75 Å². The Morgan fingerprint density at radius 2 is 1.96 bits per heavy atom. The molecule has 24 heavy (non-hydrogen) atoms. The number of pyridine rings is 1. The molecule has 1 amide bonds. The van der Waals surface area contributed by atoms with E-state index in [-0.39, 0.29) is 12.5 Å². The second kappa shape index (κ2) is 7.78. The monoisotopic (exact) mass is 349 g/mol. The average Bonchev–Trinajstić information content (AvgIpc) is 2.58. The van der Waals surface area contributed by atoms with Crippen LogP contribution in [0.15, 0.2) is 48.8 Å². The van der Waals surface area contributed by atoms with Gasteiger partial charge in [-0.15, -0.1) is 0 Å². The molecule has 2 aromatic rings. The lowest BCUT2D eigenvalue weighted by Gasteiger charge is -2.16. The molecular formula is C16H19N3O4S. The molecule has 0 aliphatic rings. The molecule has 1 N–H and O–H groups in total. The van der Waals surface area contributed by atoms with E-state index in [9.17, 15) is 13.2 Å². The fraction of sp³-hybridized carbons (Fsp3) is 0.250. The van der Waals surface area contributed by atoms with Crippen LogP contribution in [0.25, 0.3) is 0 Å². The van der Waals surface area contributed by atoms with Crippen LogP contribution in [0.5, 0.6) is 5.75 Å². The fourth-order valence-corrected chi connectivity index (χ4v) is 2.35. The van der Waals surface area contributed by atoms with Crippen LogP contribution in [-0.2, 0) is 21.4 Å². The minimum Gasteiger partial charge on any atom is -0.484 e. The molecule has 0 aliphatic carbocycles. The van der Waals surface area contributed by atoms with Crippen molar-refractivity contribution in [2.75, 3.05) is 24.2 Å². The number of sulfonamides is 1. The van der Waals surface area contributed by atoms with Crippen molar-refractivity contribution in [1.82, 2.24) is 10.3 Å². The summed E-state index contributed by atoms with van der Waals surface area (Å²) in [7, 11) is -1.84. The van der Waals surface area contributed by atoms with Crippen LogP contribution in [0, 0.1) is 0 Å². The van der Waals surface area contributed by atoms with Crippen LogP contribution < -0.4 is 14.4 Å². The fourth-order valence-electron chi connectivity index (χ4n) is 1.85. The van der Waals surface area contributed by atoms with Gasteiger partial charge < -0.3 is 10.1 Å². The van der Waals surface area contributed by atoms with Gasteiger partial charge >= 0.3 is 0 Å². The molecule has 0 spiro atoms. The first kappa shape index (κ1) is 17.7. The maximum atomic E-state index is 11.8. The van der Waals surface area contributed by atoms with Crippen molar-refractivity contribution in [2.45, 2.75) is 6.54 Å². The third kappa shape index (κ3) is 5.24. The third-order valence-corrected chi connectivity index (χ3v) is 4.49. The van der Waals surface area contributed by atoms with Crippen LogP contribution >= 0.6 is 0 Å². The first-order chi connectivity index (χ1) is 11.4. The molecule has 7 nitrogen and oxygen atoms in total. The summed E-state index contributed by atoms with van der Waals surface area (Å²) in [5, 5.41) is 2.73. The molecule has 2 rings (SSSR count). The van der Waals surface area contributed by atoms with E-state index >= 15 is 0 Å². The van der Waals surface area contributed by atoms with E-state index in [0.29, 0.717) is 18.0 Å². The molecule has 0 aliphatic heterocycles. The number of nitrogens with one attached hydrogen (secondary N) is 1. The Kier molecular flexibility index (Phi) is 5.75. The molecule has 1 aromatic heterocycles. The van der Waals surface area contributed by atoms with Gasteiger partial charge in [-0.05, 0) is 35.9 Å². The van der Waals surface area contributed by atoms with Gasteiger partial charge in [0, 0.05) is 26.0 Å². The van der Waals surface area contributed by atoms with Crippen molar-refractivity contribution in [3.05, 3.63) is 54.4 Å². The number of amides is 1. The molecule has 0 unspecified atom stereocenters. The second-order valence-corrected chi connectivity index (χ2v) is 7.16. The highest BCUT2D eigenvalue weighted by atomic mass is 32.2. The summed E-state index contributed by atoms with van der Waals surface area (Å²) < 4.78 is 29.5. The molecule has 8 heteroatoms. The van der Waals surface area contributed by atoms with Crippen molar-refractivity contribution in [2.24, 2.45) is 0 Å². The molecule has 0 atom stereocenters. The Bertz CT molecular complexity index is 777. The molecule has 1 aromatic carbocycles. The zero-order valence-electron chi connectivity index (χ0n) is 13.5. The van der Waals surface area contributed by atoms with Crippen LogP contribution in [0.3, 0.4) is 0 Å². The molecular weight excluding hydrogens is 330 g/mol. The van der Waals surface area contributed by atoms with Gasteiger partial charge in [0.15, 0.2) is 6.61 Å². The number of rotatable bonds is 7. The number of carbonyl (C=O) groups is 1. The minimum absolute atomic E-state index is 0.123. The summed E-state index contributed by atoms with van der Waals surface area (Å²) in [6.07, 6.45) is 4.47. The lowest BCUT2D eigenvalue weighted by molar-refractivity contribution is -0.123. The third-order valence-electron chi connectivity index (χ3n) is 3.28. The van der Waals surface area contributed by atoms with E-state index < -0.39 is 10.0 Å². The van der Waals surface area contributed by atoms with Crippen LogP contribution in [0.4, 0.5) is 5.69 Å². The lowest BCUT2D eigenvalue weighted by atomic mass is 10.3. The summed E-state index contributed by atoms with van der Waals surface area (Å²) >= 11 is 0. The van der Waals surface area contributed by atoms with Crippen LogP contribution in [0.1, 0.15) is 5.56 Å². The maximum absolute atomic E-state index is 11.8. The van der Waals surface area contributed by atoms with E-state index in [4.69, 9.17) is 4.74 Å². The molecule has 128 valence electrons. The zero-order chi connectivity index (χ0) is 17.6. The van der Waals surface area contributed by atoms with E-state index in [0.717, 1.165) is 16.1 Å². The first-order valence-corrected chi connectivity index (χ1v) is 9.03. The molecule has 0 saturated heterocycles. The molecule has 0 saturated carbocycles. The van der Waals surface area contributed by atoms with Crippen LogP contribution in [0.2, 0.25) is 0 Å². The number of anilines is 1. The van der Waals surface area contributed by atoms with E-state index in [2.05, 4.69) is 10.3 Å². The highest BCUT2D eigenvalue weighted by Gasteiger charge is 2.11. The van der Waals surface area contributed by atoms with Crippen molar-refractivity contribution < 1.29 is 17.9 Å². The number of hydrogen-bond acceptors (Lipinski definition) is 5. The molecule has 0 bridgehead atoms. The maximum Gasteiger partial charge on any atom is 0.258 e. The second-order valence-electron chi connectivity index (χ2n) is 5.15. The van der Waals surface area contributed by atoms with Gasteiger partial charge in [-0.3, -0.25) is 14.1 Å². The minimum atomic E-state index is -3.30. The first-order valence-electron chi connectivity index (χ1n) is 7.18. The highest BCUT2D eigenvalue weighted by Crippen LogP contribution is 2.20. The Morgan fingerprint density at radius 1 is 1.25 bits per heavy atom. The summed E-state index contributed by atoms with van der Waals surface area (Å²) in [5.41, 5.74) is 1.42. The standard InChI is InChI=1S/C16H19N3O4S/c1-19(24(2,21)22)14-5-7-15(8-6-14)23-12-16(20)18-11-13-4-3-9-17-10-13/h3-10H,11-12H2,1-2H3,(H,18,20).